The molecule has 25 heavy (non-hydrogen) atoms. The summed E-state index contributed by atoms with van der Waals surface area (Å²) in [5, 5.41) is 2.98. The second-order valence-electron chi connectivity index (χ2n) is 7.52. The maximum atomic E-state index is 13.8. The van der Waals surface area contributed by atoms with Crippen molar-refractivity contribution in [1.82, 2.24) is 10.2 Å². The smallest absolute Gasteiger partial charge is 0.225 e. The van der Waals surface area contributed by atoms with Gasteiger partial charge in [-0.05, 0) is 43.7 Å². The van der Waals surface area contributed by atoms with Crippen LogP contribution in [0.2, 0.25) is 0 Å². The summed E-state index contributed by atoms with van der Waals surface area (Å²) in [4.78, 5) is 26.5. The number of nitrogens with zero attached hydrogens (tertiary/aromatic N) is 1. The Morgan fingerprint density at radius 1 is 1.12 bits per heavy atom. The Balaban J connectivity index is 1.32. The Hall–Kier alpha value is -1.98. The van der Waals surface area contributed by atoms with E-state index in [1.165, 1.54) is 12.1 Å². The zero-order valence-corrected chi connectivity index (χ0v) is 14.0. The molecule has 1 heterocycles. The van der Waals surface area contributed by atoms with Crippen molar-refractivity contribution in [2.45, 2.75) is 44.1 Å². The van der Waals surface area contributed by atoms with Gasteiger partial charge in [-0.2, -0.15) is 0 Å². The van der Waals surface area contributed by atoms with Gasteiger partial charge in [-0.3, -0.25) is 9.59 Å². The van der Waals surface area contributed by atoms with Crippen molar-refractivity contribution in [1.29, 1.82) is 0 Å². The van der Waals surface area contributed by atoms with Gasteiger partial charge in [0.2, 0.25) is 11.8 Å². The van der Waals surface area contributed by atoms with E-state index in [0.29, 0.717) is 18.5 Å². The van der Waals surface area contributed by atoms with Crippen molar-refractivity contribution in [3.8, 4) is 0 Å². The number of carbonyl (C=O) groups is 2. The van der Waals surface area contributed by atoms with Crippen molar-refractivity contribution in [2.24, 2.45) is 11.8 Å². The molecule has 1 aromatic rings. The molecule has 1 aromatic carbocycles. The van der Waals surface area contributed by atoms with Gasteiger partial charge in [0.15, 0.2) is 0 Å². The summed E-state index contributed by atoms with van der Waals surface area (Å²) in [6.07, 6.45) is 4.24. The van der Waals surface area contributed by atoms with Gasteiger partial charge in [0, 0.05) is 37.0 Å². The van der Waals surface area contributed by atoms with Crippen LogP contribution in [0.25, 0.3) is 0 Å². The van der Waals surface area contributed by atoms with E-state index in [9.17, 15) is 18.4 Å². The molecule has 0 unspecified atom stereocenters. The zero-order valence-electron chi connectivity index (χ0n) is 14.0. The first-order chi connectivity index (χ1) is 12.0. The number of nitrogens with one attached hydrogen (secondary N) is 1. The molecule has 0 aromatic heterocycles. The standard InChI is InChI=1S/C19H22F2N2O2/c20-13-5-6-14(16(21)8-13)15-9-17(15)22-18(24)12-2-1-7-23(10-12)19(25)11-3-4-11/h5-6,8,11-12,15,17H,1-4,7,9-10H2,(H,22,24)/t12-,15+,17-/m1/s1. The van der Waals surface area contributed by atoms with Crippen LogP contribution in [-0.2, 0) is 9.59 Å². The van der Waals surface area contributed by atoms with Crippen LogP contribution < -0.4 is 5.32 Å². The molecule has 3 fully saturated rings. The van der Waals surface area contributed by atoms with E-state index in [1.54, 1.807) is 0 Å². The molecule has 1 aliphatic heterocycles. The Morgan fingerprint density at radius 3 is 2.64 bits per heavy atom. The Labute approximate surface area is 145 Å². The highest BCUT2D eigenvalue weighted by Gasteiger charge is 2.43. The van der Waals surface area contributed by atoms with Crippen LogP contribution in [-0.4, -0.2) is 35.8 Å². The Morgan fingerprint density at radius 2 is 1.92 bits per heavy atom. The highest BCUT2D eigenvalue weighted by Crippen LogP contribution is 2.42. The normalized spacial score (nSPS) is 28.6. The topological polar surface area (TPSA) is 49.4 Å². The summed E-state index contributed by atoms with van der Waals surface area (Å²) in [6.45, 7) is 1.23. The minimum absolute atomic E-state index is 0.0525. The van der Waals surface area contributed by atoms with Crippen molar-refractivity contribution in [3.63, 3.8) is 0 Å². The number of carbonyl (C=O) groups excluding carboxylic acids is 2. The van der Waals surface area contributed by atoms with E-state index >= 15 is 0 Å². The highest BCUT2D eigenvalue weighted by molar-refractivity contribution is 5.83. The molecular weight excluding hydrogens is 326 g/mol. The number of likely N-dealkylation sites (tertiary alicyclic amines) is 1. The number of piperidine rings is 1. The molecule has 4 nitrogen and oxygen atoms in total. The molecule has 0 bridgehead atoms. The lowest BCUT2D eigenvalue weighted by molar-refractivity contribution is -0.136. The van der Waals surface area contributed by atoms with Crippen LogP contribution in [0.1, 0.15) is 43.6 Å². The summed E-state index contributed by atoms with van der Waals surface area (Å²) in [5.41, 5.74) is 0.459. The van der Waals surface area contributed by atoms with Crippen molar-refractivity contribution >= 4 is 11.8 Å². The van der Waals surface area contributed by atoms with Gasteiger partial charge >= 0.3 is 0 Å². The van der Waals surface area contributed by atoms with Crippen LogP contribution in [0, 0.1) is 23.5 Å². The van der Waals surface area contributed by atoms with E-state index in [-0.39, 0.29) is 35.6 Å². The van der Waals surface area contributed by atoms with Crippen LogP contribution in [0.3, 0.4) is 0 Å². The average Bonchev–Trinajstić information content (AvgIpc) is 3.49. The Bertz CT molecular complexity index is 705. The van der Waals surface area contributed by atoms with E-state index in [2.05, 4.69) is 5.32 Å². The van der Waals surface area contributed by atoms with Gasteiger partial charge in [-0.25, -0.2) is 8.78 Å². The predicted octanol–water partition coefficient (Wildman–Crippen LogP) is 2.59. The lowest BCUT2D eigenvalue weighted by atomic mass is 9.96. The Kier molecular flexibility index (Phi) is 4.21. The first-order valence-corrected chi connectivity index (χ1v) is 9.07. The fourth-order valence-corrected chi connectivity index (χ4v) is 3.78. The van der Waals surface area contributed by atoms with Gasteiger partial charge in [0.1, 0.15) is 11.6 Å². The fraction of sp³-hybridized carbons (Fsp3) is 0.579. The minimum atomic E-state index is -0.592. The quantitative estimate of drug-likeness (QED) is 0.909. The maximum Gasteiger partial charge on any atom is 0.225 e. The number of rotatable bonds is 4. The van der Waals surface area contributed by atoms with Crippen molar-refractivity contribution in [3.05, 3.63) is 35.4 Å². The summed E-state index contributed by atoms with van der Waals surface area (Å²) in [6, 6.07) is 3.49. The largest absolute Gasteiger partial charge is 0.352 e. The highest BCUT2D eigenvalue weighted by atomic mass is 19.1. The summed E-state index contributed by atoms with van der Waals surface area (Å²) >= 11 is 0. The van der Waals surface area contributed by atoms with Crippen LogP contribution in [0.5, 0.6) is 0 Å². The molecule has 1 N–H and O–H groups in total. The number of amides is 2. The maximum absolute atomic E-state index is 13.8. The second-order valence-corrected chi connectivity index (χ2v) is 7.52. The van der Waals surface area contributed by atoms with E-state index in [0.717, 1.165) is 38.3 Å². The number of hydrogen-bond acceptors (Lipinski definition) is 2. The first-order valence-electron chi connectivity index (χ1n) is 9.07. The van der Waals surface area contributed by atoms with E-state index < -0.39 is 11.6 Å². The summed E-state index contributed by atoms with van der Waals surface area (Å²) in [5.74, 6) is -1.10. The third kappa shape index (κ3) is 3.53. The molecule has 3 atom stereocenters. The van der Waals surface area contributed by atoms with Crippen molar-refractivity contribution < 1.29 is 18.4 Å². The van der Waals surface area contributed by atoms with E-state index in [1.807, 2.05) is 4.90 Å². The third-order valence-electron chi connectivity index (χ3n) is 5.51. The number of benzene rings is 1. The fourth-order valence-electron chi connectivity index (χ4n) is 3.78. The van der Waals surface area contributed by atoms with Gasteiger partial charge < -0.3 is 10.2 Å². The molecule has 0 radical (unpaired) electrons. The third-order valence-corrected chi connectivity index (χ3v) is 5.51. The average molecular weight is 348 g/mol. The summed E-state index contributed by atoms with van der Waals surface area (Å²) < 4.78 is 26.8. The lowest BCUT2D eigenvalue weighted by Gasteiger charge is -2.32. The van der Waals surface area contributed by atoms with Gasteiger partial charge in [-0.1, -0.05) is 6.07 Å². The van der Waals surface area contributed by atoms with Crippen LogP contribution in [0.4, 0.5) is 8.78 Å². The van der Waals surface area contributed by atoms with Crippen LogP contribution in [0.15, 0.2) is 18.2 Å². The summed E-state index contributed by atoms with van der Waals surface area (Å²) in [7, 11) is 0. The molecule has 1 saturated heterocycles. The molecule has 3 aliphatic rings. The molecule has 4 rings (SSSR count). The molecule has 6 heteroatoms. The number of halogens is 2. The SMILES string of the molecule is O=C(N[C@@H]1C[C@H]1c1ccc(F)cc1F)[C@@H]1CCCN(C(=O)C2CC2)C1. The van der Waals surface area contributed by atoms with E-state index in [4.69, 9.17) is 0 Å². The first kappa shape index (κ1) is 16.5. The molecule has 2 saturated carbocycles. The van der Waals surface area contributed by atoms with Crippen LogP contribution >= 0.6 is 0 Å². The molecule has 2 aliphatic carbocycles. The number of hydrogen-bond donors (Lipinski definition) is 1. The molecular formula is C19H22F2N2O2. The van der Waals surface area contributed by atoms with Gasteiger partial charge in [-0.15, -0.1) is 0 Å². The molecule has 2 amide bonds. The minimum Gasteiger partial charge on any atom is -0.352 e. The molecule has 134 valence electrons. The lowest BCUT2D eigenvalue weighted by Crippen LogP contribution is -2.46. The van der Waals surface area contributed by atoms with Gasteiger partial charge in [0.05, 0.1) is 5.92 Å². The van der Waals surface area contributed by atoms with Gasteiger partial charge in [0.25, 0.3) is 0 Å². The second kappa shape index (κ2) is 6.39. The molecule has 0 spiro atoms. The monoisotopic (exact) mass is 348 g/mol. The zero-order chi connectivity index (χ0) is 17.6. The predicted molar refractivity (Wildman–Crippen MR) is 87.7 cm³/mol. The van der Waals surface area contributed by atoms with Crippen molar-refractivity contribution in [2.75, 3.05) is 13.1 Å².